The molecule has 0 bridgehead atoms. The third kappa shape index (κ3) is 3.13. The van der Waals surface area contributed by atoms with Crippen molar-refractivity contribution >= 4 is 28.4 Å². The second-order valence-corrected chi connectivity index (χ2v) is 4.48. The van der Waals surface area contributed by atoms with Crippen molar-refractivity contribution in [1.82, 2.24) is 0 Å². The van der Waals surface area contributed by atoms with Crippen LogP contribution in [0.3, 0.4) is 0 Å². The number of hydrogen-bond donors (Lipinski definition) is 0. The number of hydrogen-bond acceptors (Lipinski definition) is 2. The lowest BCUT2D eigenvalue weighted by molar-refractivity contribution is -0.0507. The molecule has 2 nitrogen and oxygen atoms in total. The van der Waals surface area contributed by atoms with Gasteiger partial charge in [-0.25, -0.2) is 0 Å². The highest BCUT2D eigenvalue weighted by Gasteiger charge is 2.17. The van der Waals surface area contributed by atoms with E-state index in [0.717, 1.165) is 3.57 Å². The van der Waals surface area contributed by atoms with E-state index >= 15 is 0 Å². The van der Waals surface area contributed by atoms with Crippen molar-refractivity contribution in [2.45, 2.75) is 26.9 Å². The van der Waals surface area contributed by atoms with Crippen LogP contribution < -0.4 is 4.74 Å². The van der Waals surface area contributed by atoms with Crippen LogP contribution in [0, 0.1) is 3.57 Å². The van der Waals surface area contributed by atoms with Gasteiger partial charge in [-0.15, -0.1) is 0 Å². The lowest BCUT2D eigenvalue weighted by Crippen LogP contribution is -2.09. The number of rotatable bonds is 4. The summed E-state index contributed by atoms with van der Waals surface area (Å²) in [6.45, 7) is 0.250. The standard InChI is InChI=1S/C11H11F2IO2/c1-3-7-4-8(14)5-9(6(2)15)10(7)16-11(12)13/h4-5,11H,3H2,1-2H3. The number of carbonyl (C=O) groups is 1. The fraction of sp³-hybridized carbons (Fsp3) is 0.364. The van der Waals surface area contributed by atoms with Gasteiger partial charge in [0.25, 0.3) is 0 Å². The van der Waals surface area contributed by atoms with Gasteiger partial charge < -0.3 is 4.74 Å². The number of carbonyl (C=O) groups excluding carboxylic acids is 1. The van der Waals surface area contributed by atoms with Crippen LogP contribution in [0.15, 0.2) is 12.1 Å². The van der Waals surface area contributed by atoms with Gasteiger partial charge >= 0.3 is 6.61 Å². The fourth-order valence-corrected chi connectivity index (χ4v) is 2.09. The highest BCUT2D eigenvalue weighted by molar-refractivity contribution is 14.1. The van der Waals surface area contributed by atoms with E-state index in [4.69, 9.17) is 0 Å². The lowest BCUT2D eigenvalue weighted by atomic mass is 10.0. The number of ketones is 1. The zero-order valence-electron chi connectivity index (χ0n) is 8.89. The van der Waals surface area contributed by atoms with Gasteiger partial charge in [0.1, 0.15) is 5.75 Å². The summed E-state index contributed by atoms with van der Waals surface area (Å²) in [4.78, 5) is 11.3. The normalized spacial score (nSPS) is 10.6. The maximum Gasteiger partial charge on any atom is 0.387 e. The minimum atomic E-state index is -2.91. The van der Waals surface area contributed by atoms with E-state index in [1.165, 1.54) is 6.92 Å². The maximum absolute atomic E-state index is 12.2. The minimum Gasteiger partial charge on any atom is -0.434 e. The van der Waals surface area contributed by atoms with Crippen molar-refractivity contribution < 1.29 is 18.3 Å². The molecular weight excluding hydrogens is 329 g/mol. The Morgan fingerprint density at radius 3 is 2.56 bits per heavy atom. The number of Topliss-reactive ketones (excluding diaryl/α,β-unsaturated/α-hetero) is 1. The molecule has 88 valence electrons. The van der Waals surface area contributed by atoms with E-state index in [-0.39, 0.29) is 17.1 Å². The Bertz CT molecular complexity index is 405. The first-order valence-corrected chi connectivity index (χ1v) is 5.81. The Kier molecular flexibility index (Phi) is 4.64. The van der Waals surface area contributed by atoms with Crippen LogP contribution in [0.5, 0.6) is 5.75 Å². The van der Waals surface area contributed by atoms with E-state index in [1.807, 2.05) is 29.5 Å². The topological polar surface area (TPSA) is 26.3 Å². The molecule has 0 aliphatic carbocycles. The van der Waals surface area contributed by atoms with Gasteiger partial charge in [-0.1, -0.05) is 6.92 Å². The molecule has 0 aromatic heterocycles. The van der Waals surface area contributed by atoms with Gasteiger partial charge in [0.15, 0.2) is 5.78 Å². The summed E-state index contributed by atoms with van der Waals surface area (Å²) in [6, 6.07) is 3.30. The molecule has 0 spiro atoms. The molecule has 0 heterocycles. The van der Waals surface area contributed by atoms with Crippen molar-refractivity contribution in [2.24, 2.45) is 0 Å². The quantitative estimate of drug-likeness (QED) is 0.618. The summed E-state index contributed by atoms with van der Waals surface area (Å²) in [5, 5.41) is 0. The largest absolute Gasteiger partial charge is 0.434 e. The molecule has 0 saturated carbocycles. The monoisotopic (exact) mass is 340 g/mol. The minimum absolute atomic E-state index is 0.00501. The highest BCUT2D eigenvalue weighted by Crippen LogP contribution is 2.29. The Morgan fingerprint density at radius 2 is 2.12 bits per heavy atom. The van der Waals surface area contributed by atoms with Crippen molar-refractivity contribution in [3.8, 4) is 5.75 Å². The second kappa shape index (κ2) is 5.56. The van der Waals surface area contributed by atoms with Gasteiger partial charge in [-0.05, 0) is 53.6 Å². The molecule has 16 heavy (non-hydrogen) atoms. The van der Waals surface area contributed by atoms with Crippen molar-refractivity contribution in [2.75, 3.05) is 0 Å². The van der Waals surface area contributed by atoms with Crippen LogP contribution in [-0.2, 0) is 6.42 Å². The van der Waals surface area contributed by atoms with Crippen LogP contribution in [0.1, 0.15) is 29.8 Å². The molecule has 0 unspecified atom stereocenters. The first-order chi connectivity index (χ1) is 7.45. The lowest BCUT2D eigenvalue weighted by Gasteiger charge is -2.13. The third-order valence-electron chi connectivity index (χ3n) is 2.10. The molecule has 0 fully saturated rings. The fourth-order valence-electron chi connectivity index (χ4n) is 1.40. The molecule has 0 N–H and O–H groups in total. The summed E-state index contributed by atoms with van der Waals surface area (Å²) in [7, 11) is 0. The van der Waals surface area contributed by atoms with E-state index < -0.39 is 6.61 Å². The molecule has 0 atom stereocenters. The molecule has 0 amide bonds. The van der Waals surface area contributed by atoms with Crippen LogP contribution in [0.2, 0.25) is 0 Å². The molecule has 5 heteroatoms. The van der Waals surface area contributed by atoms with Gasteiger partial charge in [-0.2, -0.15) is 8.78 Å². The summed E-state index contributed by atoms with van der Waals surface area (Å²) >= 11 is 2.04. The Hall–Kier alpha value is -0.720. The van der Waals surface area contributed by atoms with Gasteiger partial charge in [-0.3, -0.25) is 4.79 Å². The average Bonchev–Trinajstić information content (AvgIpc) is 2.19. The molecule has 0 aliphatic rings. The van der Waals surface area contributed by atoms with Gasteiger partial charge in [0, 0.05) is 3.57 Å². The molecule has 0 aliphatic heterocycles. The Morgan fingerprint density at radius 1 is 1.50 bits per heavy atom. The van der Waals surface area contributed by atoms with E-state index in [2.05, 4.69) is 4.74 Å². The summed E-state index contributed by atoms with van der Waals surface area (Å²) < 4.78 is 29.8. The molecular formula is C11H11F2IO2. The zero-order valence-corrected chi connectivity index (χ0v) is 11.0. The van der Waals surface area contributed by atoms with Gasteiger partial charge in [0.05, 0.1) is 5.56 Å². The van der Waals surface area contributed by atoms with E-state index in [9.17, 15) is 13.6 Å². The first kappa shape index (κ1) is 13.3. The highest BCUT2D eigenvalue weighted by atomic mass is 127. The van der Waals surface area contributed by atoms with Crippen molar-refractivity contribution in [1.29, 1.82) is 0 Å². The second-order valence-electron chi connectivity index (χ2n) is 3.23. The Balaban J connectivity index is 3.33. The number of ether oxygens (including phenoxy) is 1. The zero-order chi connectivity index (χ0) is 12.3. The molecule has 0 saturated heterocycles. The molecule has 1 aromatic rings. The number of benzene rings is 1. The van der Waals surface area contributed by atoms with Crippen LogP contribution in [0.4, 0.5) is 8.78 Å². The SMILES string of the molecule is CCc1cc(I)cc(C(C)=O)c1OC(F)F. The van der Waals surface area contributed by atoms with Crippen LogP contribution >= 0.6 is 22.6 Å². The molecule has 0 radical (unpaired) electrons. The number of aryl methyl sites for hydroxylation is 1. The predicted octanol–water partition coefficient (Wildman–Crippen LogP) is 3.66. The molecule has 1 aromatic carbocycles. The van der Waals surface area contributed by atoms with Crippen LogP contribution in [-0.4, -0.2) is 12.4 Å². The number of alkyl halides is 2. The van der Waals surface area contributed by atoms with E-state index in [1.54, 1.807) is 12.1 Å². The van der Waals surface area contributed by atoms with Crippen molar-refractivity contribution in [3.63, 3.8) is 0 Å². The van der Waals surface area contributed by atoms with Gasteiger partial charge in [0.2, 0.25) is 0 Å². The Labute approximate surface area is 106 Å². The van der Waals surface area contributed by atoms with E-state index in [0.29, 0.717) is 12.0 Å². The average molecular weight is 340 g/mol. The summed E-state index contributed by atoms with van der Waals surface area (Å²) in [5.41, 5.74) is 0.835. The summed E-state index contributed by atoms with van der Waals surface area (Å²) in [6.07, 6.45) is 0.541. The maximum atomic E-state index is 12.2. The summed E-state index contributed by atoms with van der Waals surface area (Å²) in [5.74, 6) is -0.269. The van der Waals surface area contributed by atoms with Crippen molar-refractivity contribution in [3.05, 3.63) is 26.8 Å². The molecule has 1 rings (SSSR count). The third-order valence-corrected chi connectivity index (χ3v) is 2.72. The van der Waals surface area contributed by atoms with Crippen LogP contribution in [0.25, 0.3) is 0 Å². The predicted molar refractivity (Wildman–Crippen MR) is 65.2 cm³/mol. The first-order valence-electron chi connectivity index (χ1n) is 4.73. The smallest absolute Gasteiger partial charge is 0.387 e. The number of halogens is 3.